The Morgan fingerprint density at radius 1 is 1.19 bits per heavy atom. The highest BCUT2D eigenvalue weighted by Crippen LogP contribution is 2.16. The lowest BCUT2D eigenvalue weighted by molar-refractivity contribution is 0.101. The Labute approximate surface area is 96.7 Å². The first-order chi connectivity index (χ1) is 7.81. The first-order valence-corrected chi connectivity index (χ1v) is 5.58. The number of benzene rings is 1. The van der Waals surface area contributed by atoms with Gasteiger partial charge < -0.3 is 5.32 Å². The molecule has 1 N–H and O–H groups in total. The monoisotopic (exact) mass is 231 g/mol. The van der Waals surface area contributed by atoms with Crippen molar-refractivity contribution in [3.8, 4) is 0 Å². The Morgan fingerprint density at radius 2 is 1.94 bits per heavy atom. The molecule has 1 aromatic heterocycles. The van der Waals surface area contributed by atoms with Crippen LogP contribution in [0.2, 0.25) is 0 Å². The average molecular weight is 231 g/mol. The van der Waals surface area contributed by atoms with E-state index in [4.69, 9.17) is 0 Å². The fourth-order valence-corrected chi connectivity index (χ4v) is 2.01. The number of carbonyl (C=O) groups excluding carboxylic acids is 2. The van der Waals surface area contributed by atoms with E-state index in [1.54, 1.807) is 23.6 Å². The lowest BCUT2D eigenvalue weighted by Gasteiger charge is -2.03. The number of rotatable bonds is 3. The van der Waals surface area contributed by atoms with Crippen molar-refractivity contribution < 1.29 is 9.59 Å². The van der Waals surface area contributed by atoms with E-state index >= 15 is 0 Å². The van der Waals surface area contributed by atoms with Gasteiger partial charge in [0.1, 0.15) is 0 Å². The molecule has 0 unspecified atom stereocenters. The van der Waals surface area contributed by atoms with Crippen molar-refractivity contribution in [3.05, 3.63) is 52.2 Å². The molecule has 0 spiro atoms. The molecule has 0 radical (unpaired) electrons. The van der Waals surface area contributed by atoms with Crippen molar-refractivity contribution in [3.63, 3.8) is 0 Å². The van der Waals surface area contributed by atoms with Crippen LogP contribution >= 0.6 is 11.3 Å². The largest absolute Gasteiger partial charge is 0.322 e. The third-order valence-electron chi connectivity index (χ3n) is 2.08. The van der Waals surface area contributed by atoms with Gasteiger partial charge in [-0.25, -0.2) is 0 Å². The van der Waals surface area contributed by atoms with Crippen molar-refractivity contribution in [2.24, 2.45) is 0 Å². The van der Waals surface area contributed by atoms with Gasteiger partial charge in [-0.3, -0.25) is 9.59 Å². The molecule has 0 saturated heterocycles. The van der Waals surface area contributed by atoms with Crippen LogP contribution in [0.15, 0.2) is 41.8 Å². The van der Waals surface area contributed by atoms with Crippen LogP contribution in [0.5, 0.6) is 0 Å². The number of carbonyl (C=O) groups is 2. The van der Waals surface area contributed by atoms with Crippen LogP contribution < -0.4 is 5.32 Å². The fourth-order valence-electron chi connectivity index (χ4n) is 1.32. The van der Waals surface area contributed by atoms with E-state index in [-0.39, 0.29) is 5.91 Å². The first kappa shape index (κ1) is 10.6. The number of thiophene rings is 1. The topological polar surface area (TPSA) is 46.2 Å². The minimum absolute atomic E-state index is 0.255. The molecule has 3 nitrogen and oxygen atoms in total. The highest BCUT2D eigenvalue weighted by molar-refractivity contribution is 7.12. The van der Waals surface area contributed by atoms with E-state index in [0.717, 1.165) is 5.69 Å². The van der Waals surface area contributed by atoms with Gasteiger partial charge in [0.05, 0.1) is 10.4 Å². The van der Waals surface area contributed by atoms with Crippen LogP contribution in [0.4, 0.5) is 5.69 Å². The summed E-state index contributed by atoms with van der Waals surface area (Å²) in [5.41, 5.74) is 1.14. The second kappa shape index (κ2) is 4.72. The molecule has 0 aliphatic heterocycles. The molecule has 0 atom stereocenters. The molecule has 1 aromatic carbocycles. The number of amides is 1. The summed E-state index contributed by atoms with van der Waals surface area (Å²) in [6.07, 6.45) is 0.699. The molecule has 80 valence electrons. The summed E-state index contributed by atoms with van der Waals surface area (Å²) in [7, 11) is 0. The van der Waals surface area contributed by atoms with Crippen LogP contribution in [0, 0.1) is 0 Å². The van der Waals surface area contributed by atoms with Crippen LogP contribution in [0.3, 0.4) is 0 Å². The summed E-state index contributed by atoms with van der Waals surface area (Å²) in [5, 5.41) is 4.45. The maximum atomic E-state index is 11.8. The zero-order valence-corrected chi connectivity index (χ0v) is 9.16. The van der Waals surface area contributed by atoms with Gasteiger partial charge in [0.2, 0.25) is 0 Å². The number of nitrogens with one attached hydrogen (secondary N) is 1. The molecule has 0 fully saturated rings. The van der Waals surface area contributed by atoms with E-state index in [1.807, 2.05) is 18.2 Å². The van der Waals surface area contributed by atoms with Gasteiger partial charge in [-0.15, -0.1) is 11.3 Å². The number of aldehydes is 1. The Balaban J connectivity index is 2.18. The summed E-state index contributed by atoms with van der Waals surface area (Å²) >= 11 is 1.26. The van der Waals surface area contributed by atoms with Crippen LogP contribution in [0.25, 0.3) is 0 Å². The normalized spacial score (nSPS) is 9.75. The van der Waals surface area contributed by atoms with Crippen LogP contribution in [-0.4, -0.2) is 12.2 Å². The van der Waals surface area contributed by atoms with Crippen molar-refractivity contribution >= 4 is 29.2 Å². The predicted octanol–water partition coefficient (Wildman–Crippen LogP) is 2.81. The van der Waals surface area contributed by atoms with Gasteiger partial charge >= 0.3 is 0 Å². The van der Waals surface area contributed by atoms with Gasteiger partial charge in [-0.05, 0) is 23.6 Å². The number of para-hydroxylation sites is 1. The van der Waals surface area contributed by atoms with Crippen molar-refractivity contribution in [2.75, 3.05) is 5.32 Å². The smallest absolute Gasteiger partial charge is 0.257 e. The van der Waals surface area contributed by atoms with Crippen molar-refractivity contribution in [1.82, 2.24) is 0 Å². The molecule has 0 saturated carbocycles. The summed E-state index contributed by atoms with van der Waals surface area (Å²) in [4.78, 5) is 22.9. The Kier molecular flexibility index (Phi) is 3.12. The highest BCUT2D eigenvalue weighted by atomic mass is 32.1. The minimum atomic E-state index is -0.255. The first-order valence-electron chi connectivity index (χ1n) is 4.70. The third-order valence-corrected chi connectivity index (χ3v) is 2.92. The summed E-state index contributed by atoms with van der Waals surface area (Å²) in [5.74, 6) is -0.255. The quantitative estimate of drug-likeness (QED) is 0.825. The van der Waals surface area contributed by atoms with Gasteiger partial charge in [0.25, 0.3) is 5.91 Å². The highest BCUT2D eigenvalue weighted by Gasteiger charge is 2.11. The molecule has 0 aliphatic carbocycles. The Hall–Kier alpha value is -1.94. The summed E-state index contributed by atoms with van der Waals surface area (Å²) in [6.45, 7) is 0. The lowest BCUT2D eigenvalue weighted by Crippen LogP contribution is -2.12. The van der Waals surface area contributed by atoms with Crippen LogP contribution in [0.1, 0.15) is 20.0 Å². The zero-order chi connectivity index (χ0) is 11.4. The van der Waals surface area contributed by atoms with Crippen molar-refractivity contribution in [2.45, 2.75) is 0 Å². The van der Waals surface area contributed by atoms with E-state index in [1.165, 1.54) is 11.3 Å². The van der Waals surface area contributed by atoms with Crippen LogP contribution in [-0.2, 0) is 0 Å². The zero-order valence-electron chi connectivity index (χ0n) is 8.34. The standard InChI is InChI=1S/C12H9NO2S/c14-8-11-10(6-7-16-11)12(15)13-9-4-2-1-3-5-9/h1-8H,(H,13,15). The number of hydrogen-bond acceptors (Lipinski definition) is 3. The molecule has 0 bridgehead atoms. The molecule has 2 aromatic rings. The van der Waals surface area contributed by atoms with Crippen molar-refractivity contribution in [1.29, 1.82) is 0 Å². The minimum Gasteiger partial charge on any atom is -0.322 e. The Bertz CT molecular complexity index is 505. The van der Waals surface area contributed by atoms with E-state index < -0.39 is 0 Å². The molecule has 2 rings (SSSR count). The van der Waals surface area contributed by atoms with Gasteiger partial charge in [-0.2, -0.15) is 0 Å². The molecular formula is C12H9NO2S. The second-order valence-electron chi connectivity index (χ2n) is 3.14. The molecule has 1 amide bonds. The summed E-state index contributed by atoms with van der Waals surface area (Å²) in [6, 6.07) is 10.8. The lowest BCUT2D eigenvalue weighted by atomic mass is 10.2. The summed E-state index contributed by atoms with van der Waals surface area (Å²) < 4.78 is 0. The second-order valence-corrected chi connectivity index (χ2v) is 4.08. The van der Waals surface area contributed by atoms with E-state index in [9.17, 15) is 9.59 Å². The molecule has 16 heavy (non-hydrogen) atoms. The van der Waals surface area contributed by atoms with E-state index in [0.29, 0.717) is 16.7 Å². The SMILES string of the molecule is O=Cc1sccc1C(=O)Nc1ccccc1. The molecule has 1 heterocycles. The number of anilines is 1. The fraction of sp³-hybridized carbons (Fsp3) is 0. The molecule has 0 aliphatic rings. The molecule has 4 heteroatoms. The maximum Gasteiger partial charge on any atom is 0.257 e. The molecular weight excluding hydrogens is 222 g/mol. The predicted molar refractivity (Wildman–Crippen MR) is 64.1 cm³/mol. The third kappa shape index (κ3) is 2.17. The van der Waals surface area contributed by atoms with E-state index in [2.05, 4.69) is 5.32 Å². The Morgan fingerprint density at radius 3 is 2.62 bits per heavy atom. The van der Waals surface area contributed by atoms with Gasteiger partial charge in [0, 0.05) is 5.69 Å². The maximum absolute atomic E-state index is 11.8. The van der Waals surface area contributed by atoms with Gasteiger partial charge in [-0.1, -0.05) is 18.2 Å². The van der Waals surface area contributed by atoms with Gasteiger partial charge in [0.15, 0.2) is 6.29 Å². The number of hydrogen-bond donors (Lipinski definition) is 1. The average Bonchev–Trinajstić information content (AvgIpc) is 2.78.